The predicted octanol–water partition coefficient (Wildman–Crippen LogP) is 3.26. The van der Waals surface area contributed by atoms with E-state index in [4.69, 9.17) is 16.9 Å². The Kier molecular flexibility index (Phi) is 6.32. The van der Waals surface area contributed by atoms with Crippen LogP contribution in [0.5, 0.6) is 0 Å². The van der Waals surface area contributed by atoms with Crippen molar-refractivity contribution in [2.45, 2.75) is 6.54 Å². The molecule has 0 fully saturated rings. The first kappa shape index (κ1) is 20.6. The maximum atomic E-state index is 13.4. The number of nitrogens with one attached hydrogen (secondary N) is 1. The van der Waals surface area contributed by atoms with Crippen LogP contribution >= 0.6 is 11.6 Å². The molecular weight excluding hydrogens is 388 g/mol. The third-order valence-electron chi connectivity index (χ3n) is 4.60. The van der Waals surface area contributed by atoms with Gasteiger partial charge in [0.2, 0.25) is 5.56 Å². The average molecular weight is 409 g/mol. The molecule has 0 bridgehead atoms. The molecule has 29 heavy (non-hydrogen) atoms. The molecule has 0 aliphatic rings. The van der Waals surface area contributed by atoms with Crippen LogP contribution in [0.1, 0.15) is 21.5 Å². The lowest BCUT2D eigenvalue weighted by molar-refractivity contribution is 0.0734. The van der Waals surface area contributed by atoms with Crippen LogP contribution in [0.3, 0.4) is 0 Å². The summed E-state index contributed by atoms with van der Waals surface area (Å²) in [6.45, 7) is 1.53. The predicted molar refractivity (Wildman–Crippen MR) is 114 cm³/mol. The highest BCUT2D eigenvalue weighted by Gasteiger charge is 2.20. The second-order valence-corrected chi connectivity index (χ2v) is 7.51. The molecule has 0 aliphatic carbocycles. The lowest BCUT2D eigenvalue weighted by Crippen LogP contribution is -2.36. The molecular formula is C22H21ClN4O2. The summed E-state index contributed by atoms with van der Waals surface area (Å²) >= 11 is 6.13. The van der Waals surface area contributed by atoms with Gasteiger partial charge in [-0.2, -0.15) is 5.26 Å². The van der Waals surface area contributed by atoms with Gasteiger partial charge < -0.3 is 14.8 Å². The Morgan fingerprint density at radius 3 is 2.48 bits per heavy atom. The van der Waals surface area contributed by atoms with Gasteiger partial charge in [0, 0.05) is 41.6 Å². The molecule has 2 aromatic carbocycles. The summed E-state index contributed by atoms with van der Waals surface area (Å²) < 4.78 is 0. The summed E-state index contributed by atoms with van der Waals surface area (Å²) in [5.74, 6) is -0.241. The Morgan fingerprint density at radius 1 is 1.10 bits per heavy atom. The van der Waals surface area contributed by atoms with Crippen molar-refractivity contribution in [1.29, 1.82) is 5.26 Å². The standard InChI is InChI=1S/C22H21ClN4O2/c1-26(2)9-10-27(14-16-5-3-15(13-24)4-6-16)22(29)19-12-21(28)25-20-8-7-17(23)11-18(19)20/h3-8,11-12H,9-10,14H2,1-2H3,(H,25,28). The highest BCUT2D eigenvalue weighted by atomic mass is 35.5. The van der Waals surface area contributed by atoms with E-state index in [2.05, 4.69) is 11.1 Å². The molecule has 0 atom stereocenters. The highest BCUT2D eigenvalue weighted by Crippen LogP contribution is 2.22. The van der Waals surface area contributed by atoms with Crippen LogP contribution in [-0.4, -0.2) is 47.9 Å². The number of H-pyrrole nitrogens is 1. The molecule has 0 aliphatic heterocycles. The topological polar surface area (TPSA) is 80.2 Å². The molecule has 0 unspecified atom stereocenters. The summed E-state index contributed by atoms with van der Waals surface area (Å²) in [6.07, 6.45) is 0. The third-order valence-corrected chi connectivity index (χ3v) is 4.83. The first-order chi connectivity index (χ1) is 13.9. The van der Waals surface area contributed by atoms with Gasteiger partial charge in [0.05, 0.1) is 17.2 Å². The fourth-order valence-corrected chi connectivity index (χ4v) is 3.22. The van der Waals surface area contributed by atoms with Gasteiger partial charge in [-0.25, -0.2) is 0 Å². The summed E-state index contributed by atoms with van der Waals surface area (Å²) in [7, 11) is 3.87. The van der Waals surface area contributed by atoms with Crippen LogP contribution in [-0.2, 0) is 6.54 Å². The van der Waals surface area contributed by atoms with Crippen LogP contribution in [0.4, 0.5) is 0 Å². The highest BCUT2D eigenvalue weighted by molar-refractivity contribution is 6.31. The molecule has 0 saturated heterocycles. The first-order valence-electron chi connectivity index (χ1n) is 9.13. The Labute approximate surface area is 173 Å². The molecule has 0 radical (unpaired) electrons. The summed E-state index contributed by atoms with van der Waals surface area (Å²) in [6, 6.07) is 15.6. The van der Waals surface area contributed by atoms with Crippen LogP contribution in [0.15, 0.2) is 53.3 Å². The quantitative estimate of drug-likeness (QED) is 0.678. The number of nitrogens with zero attached hydrogens (tertiary/aromatic N) is 3. The van der Waals surface area contributed by atoms with Crippen LogP contribution in [0.2, 0.25) is 5.02 Å². The molecule has 0 spiro atoms. The zero-order valence-corrected chi connectivity index (χ0v) is 17.0. The zero-order chi connectivity index (χ0) is 21.0. The van der Waals surface area contributed by atoms with Crippen molar-refractivity contribution in [3.63, 3.8) is 0 Å². The first-order valence-corrected chi connectivity index (χ1v) is 9.51. The Bertz CT molecular complexity index is 1130. The minimum Gasteiger partial charge on any atom is -0.333 e. The number of likely N-dealkylation sites (N-methyl/N-ethyl adjacent to an activating group) is 1. The number of carbonyl (C=O) groups is 1. The van der Waals surface area contributed by atoms with Crippen molar-refractivity contribution < 1.29 is 4.79 Å². The number of nitriles is 1. The molecule has 3 rings (SSSR count). The molecule has 1 heterocycles. The second-order valence-electron chi connectivity index (χ2n) is 7.08. The van der Waals surface area contributed by atoms with E-state index in [9.17, 15) is 9.59 Å². The number of rotatable bonds is 6. The molecule has 0 saturated carbocycles. The molecule has 1 amide bonds. The number of aromatic nitrogens is 1. The summed E-state index contributed by atoms with van der Waals surface area (Å²) in [5, 5.41) is 10.1. The smallest absolute Gasteiger partial charge is 0.255 e. The number of hydrogen-bond donors (Lipinski definition) is 1. The maximum Gasteiger partial charge on any atom is 0.255 e. The van der Waals surface area contributed by atoms with Crippen molar-refractivity contribution in [2.75, 3.05) is 27.2 Å². The van der Waals surface area contributed by atoms with Crippen molar-refractivity contribution in [3.05, 3.63) is 80.6 Å². The molecule has 7 heteroatoms. The molecule has 6 nitrogen and oxygen atoms in total. The number of carbonyl (C=O) groups excluding carboxylic acids is 1. The number of hydrogen-bond acceptors (Lipinski definition) is 4. The average Bonchev–Trinajstić information content (AvgIpc) is 2.70. The molecule has 1 N–H and O–H groups in total. The van der Waals surface area contributed by atoms with Crippen LogP contribution in [0, 0.1) is 11.3 Å². The minimum absolute atomic E-state index is 0.241. The van der Waals surface area contributed by atoms with Gasteiger partial charge in [-0.05, 0) is 50.0 Å². The van der Waals surface area contributed by atoms with Crippen molar-refractivity contribution in [3.8, 4) is 6.07 Å². The van der Waals surface area contributed by atoms with E-state index in [0.717, 1.165) is 5.56 Å². The van der Waals surface area contributed by atoms with Gasteiger partial charge in [-0.1, -0.05) is 23.7 Å². The van der Waals surface area contributed by atoms with Gasteiger partial charge in [0.1, 0.15) is 0 Å². The molecule has 148 valence electrons. The van der Waals surface area contributed by atoms with E-state index >= 15 is 0 Å². The Morgan fingerprint density at radius 2 is 1.83 bits per heavy atom. The number of halogens is 1. The van der Waals surface area contributed by atoms with Gasteiger partial charge in [0.15, 0.2) is 0 Å². The van der Waals surface area contributed by atoms with Gasteiger partial charge in [-0.3, -0.25) is 9.59 Å². The van der Waals surface area contributed by atoms with Gasteiger partial charge in [0.25, 0.3) is 5.91 Å². The SMILES string of the molecule is CN(C)CCN(Cc1ccc(C#N)cc1)C(=O)c1cc(=O)[nH]c2ccc(Cl)cc12. The van der Waals surface area contributed by atoms with E-state index < -0.39 is 0 Å². The number of fused-ring (bicyclic) bond motifs is 1. The third kappa shape index (κ3) is 5.02. The molecule has 3 aromatic rings. The number of aromatic amines is 1. The lowest BCUT2D eigenvalue weighted by atomic mass is 10.1. The van der Waals surface area contributed by atoms with Crippen molar-refractivity contribution >= 4 is 28.4 Å². The minimum atomic E-state index is -0.339. The number of benzene rings is 2. The van der Waals surface area contributed by atoms with Crippen molar-refractivity contribution in [2.24, 2.45) is 0 Å². The summed E-state index contributed by atoms with van der Waals surface area (Å²) in [5.41, 5.74) is 2.02. The monoisotopic (exact) mass is 408 g/mol. The molecule has 1 aromatic heterocycles. The van der Waals surface area contributed by atoms with Crippen molar-refractivity contribution in [1.82, 2.24) is 14.8 Å². The van der Waals surface area contributed by atoms with E-state index in [0.29, 0.717) is 46.7 Å². The number of amides is 1. The van der Waals surface area contributed by atoms with Gasteiger partial charge >= 0.3 is 0 Å². The van der Waals surface area contributed by atoms with Gasteiger partial charge in [-0.15, -0.1) is 0 Å². The lowest BCUT2D eigenvalue weighted by Gasteiger charge is -2.25. The zero-order valence-electron chi connectivity index (χ0n) is 16.3. The van der Waals surface area contributed by atoms with E-state index in [1.54, 1.807) is 35.2 Å². The summed E-state index contributed by atoms with van der Waals surface area (Å²) in [4.78, 5) is 32.0. The maximum absolute atomic E-state index is 13.4. The van der Waals surface area contributed by atoms with Crippen LogP contribution < -0.4 is 5.56 Å². The second kappa shape index (κ2) is 8.91. The van der Waals surface area contributed by atoms with Crippen LogP contribution in [0.25, 0.3) is 10.9 Å². The fraction of sp³-hybridized carbons (Fsp3) is 0.227. The largest absolute Gasteiger partial charge is 0.333 e. The number of pyridine rings is 1. The van der Waals surface area contributed by atoms with E-state index in [1.165, 1.54) is 6.07 Å². The Hall–Kier alpha value is -3.14. The Balaban J connectivity index is 1.99. The van der Waals surface area contributed by atoms with E-state index in [1.807, 2.05) is 31.1 Å². The fourth-order valence-electron chi connectivity index (χ4n) is 3.05. The van der Waals surface area contributed by atoms with E-state index in [-0.39, 0.29) is 11.5 Å². The normalized spacial score (nSPS) is 10.9.